The van der Waals surface area contributed by atoms with Gasteiger partial charge in [-0.1, -0.05) is 0 Å². The summed E-state index contributed by atoms with van der Waals surface area (Å²) in [6, 6.07) is 0. The molecule has 6 heteroatoms. The van der Waals surface area contributed by atoms with E-state index >= 15 is 0 Å². The van der Waals surface area contributed by atoms with Crippen molar-refractivity contribution in [2.75, 3.05) is 17.3 Å². The van der Waals surface area contributed by atoms with Crippen LogP contribution in [0.5, 0.6) is 0 Å². The number of carbonyl (C=O) groups is 1. The summed E-state index contributed by atoms with van der Waals surface area (Å²) in [6.45, 7) is 0. The van der Waals surface area contributed by atoms with Crippen LogP contribution in [0.4, 0.5) is 0 Å². The third-order valence-electron chi connectivity index (χ3n) is 3.25. The number of carboxylic acid groups (broad SMARTS) is 1. The van der Waals surface area contributed by atoms with E-state index in [0.717, 1.165) is 12.2 Å². The third kappa shape index (κ3) is 2.01. The van der Waals surface area contributed by atoms with Crippen LogP contribution < -0.4 is 0 Å². The largest absolute Gasteiger partial charge is 0.481 e. The number of carboxylic acids is 1. The van der Waals surface area contributed by atoms with Crippen molar-refractivity contribution in [1.82, 2.24) is 0 Å². The van der Waals surface area contributed by atoms with Gasteiger partial charge in [0.25, 0.3) is 0 Å². The summed E-state index contributed by atoms with van der Waals surface area (Å²) < 4.78 is 22.6. The molecule has 0 amide bonds. The Hall–Kier alpha value is -0.230. The van der Waals surface area contributed by atoms with Crippen molar-refractivity contribution >= 4 is 27.6 Å². The minimum atomic E-state index is -3.03. The van der Waals surface area contributed by atoms with Gasteiger partial charge in [-0.3, -0.25) is 4.79 Å². The SMILES string of the molecule is O=C(O)C1CCSC12CCCS(=O)(=O)C2. The average Bonchev–Trinajstić information content (AvgIpc) is 2.45. The van der Waals surface area contributed by atoms with E-state index in [2.05, 4.69) is 0 Å². The zero-order valence-electron chi connectivity index (χ0n) is 8.31. The second-order valence-corrected chi connectivity index (χ2v) is 7.98. The second kappa shape index (κ2) is 3.66. The van der Waals surface area contributed by atoms with Crippen LogP contribution in [0.1, 0.15) is 19.3 Å². The summed E-state index contributed by atoms with van der Waals surface area (Å²) in [5, 5.41) is 9.09. The molecule has 4 nitrogen and oxygen atoms in total. The predicted octanol–water partition coefficient (Wildman–Crippen LogP) is 0.772. The van der Waals surface area contributed by atoms with Gasteiger partial charge >= 0.3 is 5.97 Å². The molecule has 86 valence electrons. The summed E-state index contributed by atoms with van der Waals surface area (Å²) in [5.41, 5.74) is 0. The lowest BCUT2D eigenvalue weighted by molar-refractivity contribution is -0.142. The molecule has 1 N–H and O–H groups in total. The first-order chi connectivity index (χ1) is 6.95. The number of rotatable bonds is 1. The number of thioether (sulfide) groups is 1. The average molecular weight is 250 g/mol. The molecule has 2 rings (SSSR count). The highest BCUT2D eigenvalue weighted by molar-refractivity contribution is 8.02. The van der Waals surface area contributed by atoms with Gasteiger partial charge in [0.05, 0.1) is 17.4 Å². The van der Waals surface area contributed by atoms with Crippen LogP contribution in [-0.4, -0.2) is 41.5 Å². The lowest BCUT2D eigenvalue weighted by Crippen LogP contribution is -2.45. The topological polar surface area (TPSA) is 71.4 Å². The highest BCUT2D eigenvalue weighted by Crippen LogP contribution is 2.49. The van der Waals surface area contributed by atoms with Crippen molar-refractivity contribution in [1.29, 1.82) is 0 Å². The van der Waals surface area contributed by atoms with Crippen molar-refractivity contribution in [3.05, 3.63) is 0 Å². The minimum Gasteiger partial charge on any atom is -0.481 e. The number of hydrogen-bond donors (Lipinski definition) is 1. The molecule has 1 spiro atoms. The van der Waals surface area contributed by atoms with Gasteiger partial charge in [-0.05, 0) is 25.0 Å². The lowest BCUT2D eigenvalue weighted by atomic mass is 9.87. The molecule has 2 aliphatic heterocycles. The highest BCUT2D eigenvalue weighted by Gasteiger charge is 2.51. The van der Waals surface area contributed by atoms with E-state index in [1.54, 1.807) is 11.8 Å². The molecular formula is C9H14O4S2. The molecular weight excluding hydrogens is 236 g/mol. The van der Waals surface area contributed by atoms with Gasteiger partial charge in [0.2, 0.25) is 0 Å². The zero-order chi connectivity index (χ0) is 11.1. The highest BCUT2D eigenvalue weighted by atomic mass is 32.2. The fourth-order valence-corrected chi connectivity index (χ4v) is 6.75. The maximum atomic E-state index is 11.6. The summed E-state index contributed by atoms with van der Waals surface area (Å²) in [4.78, 5) is 11.1. The maximum absolute atomic E-state index is 11.6. The van der Waals surface area contributed by atoms with E-state index < -0.39 is 26.5 Å². The van der Waals surface area contributed by atoms with E-state index in [4.69, 9.17) is 5.11 Å². The monoisotopic (exact) mass is 250 g/mol. The third-order valence-corrected chi connectivity index (χ3v) is 6.94. The fraction of sp³-hybridized carbons (Fsp3) is 0.889. The van der Waals surface area contributed by atoms with E-state index in [9.17, 15) is 13.2 Å². The summed E-state index contributed by atoms with van der Waals surface area (Å²) in [5.74, 6) is -0.259. The van der Waals surface area contributed by atoms with E-state index in [-0.39, 0.29) is 11.5 Å². The van der Waals surface area contributed by atoms with Crippen molar-refractivity contribution in [3.63, 3.8) is 0 Å². The van der Waals surface area contributed by atoms with Crippen molar-refractivity contribution in [3.8, 4) is 0 Å². The Morgan fingerprint density at radius 1 is 1.47 bits per heavy atom. The molecule has 0 bridgehead atoms. The molecule has 2 aliphatic rings. The summed E-state index contributed by atoms with van der Waals surface area (Å²) in [7, 11) is -3.03. The molecule has 0 saturated carbocycles. The van der Waals surface area contributed by atoms with Crippen LogP contribution in [0.2, 0.25) is 0 Å². The van der Waals surface area contributed by atoms with Gasteiger partial charge < -0.3 is 5.11 Å². The molecule has 0 aliphatic carbocycles. The second-order valence-electron chi connectivity index (χ2n) is 4.29. The number of aliphatic carboxylic acids is 1. The molecule has 0 aromatic rings. The summed E-state index contributed by atoms with van der Waals surface area (Å²) >= 11 is 1.54. The molecule has 2 atom stereocenters. The quantitative estimate of drug-likeness (QED) is 0.744. The lowest BCUT2D eigenvalue weighted by Gasteiger charge is -2.35. The minimum absolute atomic E-state index is 0.0572. The van der Waals surface area contributed by atoms with Crippen molar-refractivity contribution in [2.45, 2.75) is 24.0 Å². The first-order valence-electron chi connectivity index (χ1n) is 5.02. The van der Waals surface area contributed by atoms with Gasteiger partial charge in [0.1, 0.15) is 0 Å². The van der Waals surface area contributed by atoms with Crippen LogP contribution >= 0.6 is 11.8 Å². The molecule has 0 aromatic carbocycles. The van der Waals surface area contributed by atoms with Crippen molar-refractivity contribution in [2.24, 2.45) is 5.92 Å². The molecule has 2 unspecified atom stereocenters. The van der Waals surface area contributed by atoms with Gasteiger partial charge in [-0.2, -0.15) is 11.8 Å². The van der Waals surface area contributed by atoms with E-state index in [1.165, 1.54) is 0 Å². The summed E-state index contributed by atoms with van der Waals surface area (Å²) in [6.07, 6.45) is 1.95. The molecule has 0 radical (unpaired) electrons. The van der Waals surface area contributed by atoms with Gasteiger partial charge in [0, 0.05) is 4.75 Å². The van der Waals surface area contributed by atoms with Gasteiger partial charge in [-0.25, -0.2) is 8.42 Å². The number of sulfone groups is 1. The van der Waals surface area contributed by atoms with Crippen LogP contribution in [0.15, 0.2) is 0 Å². The number of hydrogen-bond acceptors (Lipinski definition) is 4. The zero-order valence-corrected chi connectivity index (χ0v) is 9.94. The fourth-order valence-electron chi connectivity index (χ4n) is 2.59. The van der Waals surface area contributed by atoms with E-state index in [1.807, 2.05) is 0 Å². The first-order valence-corrected chi connectivity index (χ1v) is 7.83. The van der Waals surface area contributed by atoms with Crippen LogP contribution in [0.3, 0.4) is 0 Å². The van der Waals surface area contributed by atoms with Crippen LogP contribution in [-0.2, 0) is 14.6 Å². The Bertz CT molecular complexity index is 376. The standard InChI is InChI=1S/C9H14O4S2/c10-8(11)7-2-4-14-9(7)3-1-5-15(12,13)6-9/h7H,1-6H2,(H,10,11). The predicted molar refractivity (Wildman–Crippen MR) is 58.8 cm³/mol. The maximum Gasteiger partial charge on any atom is 0.307 e. The van der Waals surface area contributed by atoms with Crippen molar-refractivity contribution < 1.29 is 18.3 Å². The molecule has 2 fully saturated rings. The van der Waals surface area contributed by atoms with E-state index in [0.29, 0.717) is 12.8 Å². The van der Waals surface area contributed by atoms with Crippen LogP contribution in [0, 0.1) is 5.92 Å². The molecule has 15 heavy (non-hydrogen) atoms. The molecule has 0 aromatic heterocycles. The Kier molecular flexibility index (Phi) is 2.75. The van der Waals surface area contributed by atoms with Crippen LogP contribution in [0.25, 0.3) is 0 Å². The molecule has 2 saturated heterocycles. The first kappa shape index (κ1) is 11.3. The van der Waals surface area contributed by atoms with Gasteiger partial charge in [-0.15, -0.1) is 0 Å². The Balaban J connectivity index is 2.28. The Labute approximate surface area is 93.4 Å². The smallest absolute Gasteiger partial charge is 0.307 e. The van der Waals surface area contributed by atoms with Gasteiger partial charge in [0.15, 0.2) is 9.84 Å². The Morgan fingerprint density at radius 2 is 2.20 bits per heavy atom. The molecule has 2 heterocycles. The normalized spacial score (nSPS) is 39.3. The Morgan fingerprint density at radius 3 is 2.80 bits per heavy atom.